The van der Waals surface area contributed by atoms with Crippen LogP contribution in [0.5, 0.6) is 0 Å². The van der Waals surface area contributed by atoms with Crippen molar-refractivity contribution in [1.82, 2.24) is 14.9 Å². The number of carbonyl (C=O) groups excluding carboxylic acids is 2. The first kappa shape index (κ1) is 34.0. The topological polar surface area (TPSA) is 130 Å². The first-order chi connectivity index (χ1) is 17.5. The molecule has 1 aliphatic rings. The second kappa shape index (κ2) is 20.1. The number of hydrogen-bond acceptors (Lipinski definition) is 7. The van der Waals surface area contributed by atoms with Gasteiger partial charge in [-0.25, -0.2) is 0 Å². The van der Waals surface area contributed by atoms with Gasteiger partial charge in [0.1, 0.15) is 12.2 Å². The molecule has 1 aliphatic heterocycles. The fourth-order valence-electron chi connectivity index (χ4n) is 2.94. The van der Waals surface area contributed by atoms with Crippen molar-refractivity contribution in [1.29, 1.82) is 0 Å². The number of β-amino-alcohol motifs (C(OH)–C–C–N with tert-alkyl or cyclic N) is 1. The van der Waals surface area contributed by atoms with E-state index in [9.17, 15) is 14.7 Å². The van der Waals surface area contributed by atoms with E-state index in [-0.39, 0.29) is 24.9 Å². The van der Waals surface area contributed by atoms with Crippen molar-refractivity contribution < 1.29 is 19.8 Å². The standard InChI is InChI=1S/C15H12N2O3.C7H10N2O.2C2H6.I2/c18-13(12-7-3-4-8-16-12)9-17-14(19)10-5-1-2-6-11(10)15(17)20;8-5-7(10)6-3-1-2-4-9-6;3*1-2/h1-8,13,18H,9H2;1-4,7,10H,5,8H2;2*1-2H3;. The molecule has 0 saturated heterocycles. The number of carbonyl (C=O) groups is 2. The lowest BCUT2D eigenvalue weighted by molar-refractivity contribution is 0.0538. The van der Waals surface area contributed by atoms with Crippen LogP contribution in [0, 0.1) is 0 Å². The minimum atomic E-state index is -0.988. The van der Waals surface area contributed by atoms with E-state index in [4.69, 9.17) is 10.8 Å². The molecule has 196 valence electrons. The van der Waals surface area contributed by atoms with E-state index in [1.807, 2.05) is 33.8 Å². The van der Waals surface area contributed by atoms with Crippen LogP contribution in [-0.2, 0) is 0 Å². The molecule has 0 fully saturated rings. The third-order valence-electron chi connectivity index (χ3n) is 4.52. The third kappa shape index (κ3) is 10.2. The van der Waals surface area contributed by atoms with Crippen LogP contribution >= 0.6 is 37.2 Å². The number of benzene rings is 1. The molecule has 10 heteroatoms. The second-order valence-corrected chi connectivity index (χ2v) is 6.54. The lowest BCUT2D eigenvalue weighted by atomic mass is 10.1. The smallest absolute Gasteiger partial charge is 0.261 e. The van der Waals surface area contributed by atoms with Crippen LogP contribution in [0.15, 0.2) is 73.1 Å². The van der Waals surface area contributed by atoms with Crippen LogP contribution in [0.2, 0.25) is 0 Å². The van der Waals surface area contributed by atoms with E-state index < -0.39 is 12.2 Å². The Labute approximate surface area is 236 Å². The maximum absolute atomic E-state index is 12.1. The maximum atomic E-state index is 12.1. The van der Waals surface area contributed by atoms with E-state index in [0.717, 1.165) is 4.90 Å². The molecule has 2 aromatic heterocycles. The van der Waals surface area contributed by atoms with Crippen LogP contribution in [0.1, 0.15) is 72.0 Å². The van der Waals surface area contributed by atoms with Crippen LogP contribution in [0.3, 0.4) is 0 Å². The molecule has 0 bridgehead atoms. The first-order valence-electron chi connectivity index (χ1n) is 11.5. The Hall–Kier alpha value is -2.00. The first-order valence-corrected chi connectivity index (χ1v) is 17.8. The summed E-state index contributed by atoms with van der Waals surface area (Å²) < 4.78 is 0. The summed E-state index contributed by atoms with van der Waals surface area (Å²) in [6, 6.07) is 17.2. The Balaban J connectivity index is 0.000000647. The SMILES string of the molecule is CC.CC.II.NCC(O)c1ccccn1.O=C1c2ccccc2C(=O)N1CC(O)c1ccccn1. The molecule has 0 radical (unpaired) electrons. The van der Waals surface area contributed by atoms with Crippen LogP contribution in [-0.4, -0.2) is 50.0 Å². The molecule has 2 unspecified atom stereocenters. The fourth-order valence-corrected chi connectivity index (χ4v) is 2.94. The number of aromatic nitrogens is 2. The molecule has 0 spiro atoms. The summed E-state index contributed by atoms with van der Waals surface area (Å²) in [5, 5.41) is 19.2. The van der Waals surface area contributed by atoms with Crippen LogP contribution in [0.4, 0.5) is 0 Å². The zero-order valence-corrected chi connectivity index (χ0v) is 25.2. The van der Waals surface area contributed by atoms with Gasteiger partial charge in [0.2, 0.25) is 0 Å². The van der Waals surface area contributed by atoms with Gasteiger partial charge in [-0.3, -0.25) is 24.5 Å². The van der Waals surface area contributed by atoms with Crippen molar-refractivity contribution >= 4 is 49.0 Å². The van der Waals surface area contributed by atoms with Gasteiger partial charge in [-0.1, -0.05) is 52.0 Å². The average molecular weight is 720 g/mol. The van der Waals surface area contributed by atoms with Crippen molar-refractivity contribution in [3.05, 3.63) is 95.6 Å². The molecule has 8 nitrogen and oxygen atoms in total. The number of rotatable bonds is 5. The lowest BCUT2D eigenvalue weighted by Gasteiger charge is -2.17. The van der Waals surface area contributed by atoms with Crippen LogP contribution in [0.25, 0.3) is 0 Å². The number of aliphatic hydroxyl groups is 2. The number of fused-ring (bicyclic) bond motifs is 1. The molecule has 3 heterocycles. The van der Waals surface area contributed by atoms with Gasteiger partial charge in [-0.15, -0.1) is 0 Å². The highest BCUT2D eigenvalue weighted by Gasteiger charge is 2.36. The van der Waals surface area contributed by atoms with Gasteiger partial charge in [-0.05, 0) is 36.4 Å². The van der Waals surface area contributed by atoms with Crippen molar-refractivity contribution in [2.24, 2.45) is 5.73 Å². The normalized spacial score (nSPS) is 12.6. The predicted molar refractivity (Wildman–Crippen MR) is 160 cm³/mol. The highest BCUT2D eigenvalue weighted by atomic mass is 128. The molecule has 1 aromatic carbocycles. The molecule has 36 heavy (non-hydrogen) atoms. The summed E-state index contributed by atoms with van der Waals surface area (Å²) in [5.74, 6) is -0.749. The molecule has 3 aromatic rings. The van der Waals surface area contributed by atoms with Gasteiger partial charge in [0.15, 0.2) is 0 Å². The summed E-state index contributed by atoms with van der Waals surface area (Å²) in [7, 11) is 0. The summed E-state index contributed by atoms with van der Waals surface area (Å²) in [4.78, 5) is 33.3. The largest absolute Gasteiger partial charge is 0.385 e. The van der Waals surface area contributed by atoms with Gasteiger partial charge in [0.25, 0.3) is 11.8 Å². The van der Waals surface area contributed by atoms with Gasteiger partial charge in [0, 0.05) is 56.2 Å². The Kier molecular flexibility index (Phi) is 19.0. The second-order valence-electron chi connectivity index (χ2n) is 6.54. The molecule has 0 aliphatic carbocycles. The van der Waals surface area contributed by atoms with Gasteiger partial charge < -0.3 is 15.9 Å². The Bertz CT molecular complexity index is 976. The molecule has 4 rings (SSSR count). The quantitative estimate of drug-likeness (QED) is 0.241. The molecule has 0 saturated carbocycles. The molecule has 2 atom stereocenters. The summed E-state index contributed by atoms with van der Waals surface area (Å²) >= 11 is 4.24. The number of amides is 2. The van der Waals surface area contributed by atoms with E-state index in [0.29, 0.717) is 22.5 Å². The number of aliphatic hydroxyl groups excluding tert-OH is 2. The highest BCUT2D eigenvalue weighted by molar-refractivity contribution is 15.0. The van der Waals surface area contributed by atoms with Gasteiger partial charge >= 0.3 is 0 Å². The summed E-state index contributed by atoms with van der Waals surface area (Å²) in [6.07, 6.45) is 1.58. The Morgan fingerprint density at radius 3 is 1.50 bits per heavy atom. The fraction of sp³-hybridized carbons (Fsp3) is 0.308. The molecule has 4 N–H and O–H groups in total. The maximum Gasteiger partial charge on any atom is 0.261 e. The monoisotopic (exact) mass is 720 g/mol. The minimum Gasteiger partial charge on any atom is -0.385 e. The predicted octanol–water partition coefficient (Wildman–Crippen LogP) is 5.31. The number of pyridine rings is 2. The zero-order chi connectivity index (χ0) is 27.5. The van der Waals surface area contributed by atoms with Crippen molar-refractivity contribution in [3.63, 3.8) is 0 Å². The van der Waals surface area contributed by atoms with E-state index in [2.05, 4.69) is 47.2 Å². The summed E-state index contributed by atoms with van der Waals surface area (Å²) in [5.41, 5.74) is 7.04. The zero-order valence-electron chi connectivity index (χ0n) is 20.9. The van der Waals surface area contributed by atoms with E-state index in [1.54, 1.807) is 67.0 Å². The molecular formula is C26H34I2N4O4. The number of halogens is 2. The van der Waals surface area contributed by atoms with Gasteiger partial charge in [-0.2, -0.15) is 0 Å². The Morgan fingerprint density at radius 2 is 1.14 bits per heavy atom. The number of nitrogens with two attached hydrogens (primary N) is 1. The van der Waals surface area contributed by atoms with E-state index >= 15 is 0 Å². The summed E-state index contributed by atoms with van der Waals surface area (Å²) in [6.45, 7) is 8.13. The molecule has 2 amide bonds. The van der Waals surface area contributed by atoms with E-state index in [1.165, 1.54) is 0 Å². The molecular weight excluding hydrogens is 686 g/mol. The lowest BCUT2D eigenvalue weighted by Crippen LogP contribution is -2.34. The minimum absolute atomic E-state index is 0.0939. The van der Waals surface area contributed by atoms with Crippen LogP contribution < -0.4 is 5.73 Å². The highest BCUT2D eigenvalue weighted by Crippen LogP contribution is 2.24. The third-order valence-corrected chi connectivity index (χ3v) is 4.52. The van der Waals surface area contributed by atoms with Crippen molar-refractivity contribution in [2.45, 2.75) is 39.9 Å². The average Bonchev–Trinajstić information content (AvgIpc) is 3.22. The number of nitrogens with zero attached hydrogens (tertiary/aromatic N) is 3. The number of hydrogen-bond donors (Lipinski definition) is 3. The van der Waals surface area contributed by atoms with Crippen molar-refractivity contribution in [3.8, 4) is 0 Å². The van der Waals surface area contributed by atoms with Gasteiger partial charge in [0.05, 0.1) is 29.1 Å². The van der Waals surface area contributed by atoms with Crippen molar-refractivity contribution in [2.75, 3.05) is 13.1 Å². The number of imide groups is 1. The Morgan fingerprint density at radius 1 is 0.750 bits per heavy atom.